The van der Waals surface area contributed by atoms with E-state index in [1.54, 1.807) is 0 Å². The van der Waals surface area contributed by atoms with Gasteiger partial charge in [-0.1, -0.05) is 20.8 Å². The minimum atomic E-state index is -1.33. The van der Waals surface area contributed by atoms with Crippen LogP contribution in [0.25, 0.3) is 0 Å². The summed E-state index contributed by atoms with van der Waals surface area (Å²) in [5, 5.41) is 10.9. The zero-order valence-corrected chi connectivity index (χ0v) is 12.2. The first-order valence-corrected chi connectivity index (χ1v) is 6.95. The monoisotopic (exact) mass is 279 g/mol. The molecule has 0 bridgehead atoms. The molecule has 0 atom stereocenters. The Bertz CT molecular complexity index is 511. The van der Waals surface area contributed by atoms with Crippen LogP contribution in [-0.2, 0) is 0 Å². The lowest BCUT2D eigenvalue weighted by atomic mass is 9.75. The standard InChI is InChI=1S/C16H21FO3/c1-15(2,3)16(8-4-5-9-16)20-13-10-11(14(18)19)6-7-12(13)17/h6-7,10H,4-5,8-9H2,1-3H3,(H,18,19)/p-1. The number of aromatic carboxylic acids is 1. The van der Waals surface area contributed by atoms with Gasteiger partial charge in [-0.15, -0.1) is 0 Å². The van der Waals surface area contributed by atoms with Crippen molar-refractivity contribution in [1.82, 2.24) is 0 Å². The van der Waals surface area contributed by atoms with Gasteiger partial charge in [0.15, 0.2) is 11.6 Å². The first-order valence-electron chi connectivity index (χ1n) is 6.95. The number of rotatable bonds is 3. The van der Waals surface area contributed by atoms with Gasteiger partial charge in [0.2, 0.25) is 0 Å². The van der Waals surface area contributed by atoms with Crippen LogP contribution in [-0.4, -0.2) is 11.6 Å². The minimum Gasteiger partial charge on any atom is -0.545 e. The van der Waals surface area contributed by atoms with Crippen LogP contribution in [0.2, 0.25) is 0 Å². The fourth-order valence-electron chi connectivity index (χ4n) is 2.87. The normalized spacial score (nSPS) is 18.0. The van der Waals surface area contributed by atoms with Crippen LogP contribution in [0.1, 0.15) is 56.8 Å². The quantitative estimate of drug-likeness (QED) is 0.854. The molecule has 0 spiro atoms. The number of halogens is 1. The van der Waals surface area contributed by atoms with Crippen molar-refractivity contribution in [3.8, 4) is 5.75 Å². The number of ether oxygens (including phenoxy) is 1. The summed E-state index contributed by atoms with van der Waals surface area (Å²) < 4.78 is 19.9. The number of hydrogen-bond acceptors (Lipinski definition) is 3. The Kier molecular flexibility index (Phi) is 3.76. The summed E-state index contributed by atoms with van der Waals surface area (Å²) in [6, 6.07) is 3.53. The summed E-state index contributed by atoms with van der Waals surface area (Å²) in [4.78, 5) is 10.9. The van der Waals surface area contributed by atoms with Gasteiger partial charge in [-0.05, 0) is 43.9 Å². The molecule has 0 unspecified atom stereocenters. The molecule has 0 radical (unpaired) electrons. The van der Waals surface area contributed by atoms with E-state index in [1.165, 1.54) is 12.1 Å². The van der Waals surface area contributed by atoms with E-state index in [0.29, 0.717) is 0 Å². The van der Waals surface area contributed by atoms with Gasteiger partial charge in [0.25, 0.3) is 0 Å². The Labute approximate surface area is 118 Å². The highest BCUT2D eigenvalue weighted by Gasteiger charge is 2.46. The topological polar surface area (TPSA) is 49.4 Å². The Hall–Kier alpha value is -1.58. The number of hydrogen-bond donors (Lipinski definition) is 0. The predicted octanol–water partition coefficient (Wildman–Crippen LogP) is 2.93. The number of benzene rings is 1. The van der Waals surface area contributed by atoms with Crippen LogP contribution in [0, 0.1) is 11.2 Å². The number of carboxylic acids is 1. The second-order valence-corrected chi connectivity index (χ2v) is 6.49. The molecule has 110 valence electrons. The maximum absolute atomic E-state index is 13.9. The second kappa shape index (κ2) is 5.08. The molecular weight excluding hydrogens is 259 g/mol. The van der Waals surface area contributed by atoms with E-state index in [0.717, 1.165) is 31.7 Å². The summed E-state index contributed by atoms with van der Waals surface area (Å²) in [5.74, 6) is -1.86. The van der Waals surface area contributed by atoms with E-state index in [-0.39, 0.29) is 16.7 Å². The maximum atomic E-state index is 13.9. The molecule has 1 aromatic rings. The van der Waals surface area contributed by atoms with Crippen molar-refractivity contribution in [1.29, 1.82) is 0 Å². The van der Waals surface area contributed by atoms with Crippen LogP contribution in [0.4, 0.5) is 4.39 Å². The Morgan fingerprint density at radius 1 is 1.30 bits per heavy atom. The minimum absolute atomic E-state index is 0.00326. The van der Waals surface area contributed by atoms with Crippen molar-refractivity contribution in [2.45, 2.75) is 52.1 Å². The summed E-state index contributed by atoms with van der Waals surface area (Å²) in [6.45, 7) is 6.20. The number of carbonyl (C=O) groups excluding carboxylic acids is 1. The van der Waals surface area contributed by atoms with Crippen molar-refractivity contribution >= 4 is 5.97 Å². The van der Waals surface area contributed by atoms with Gasteiger partial charge in [-0.25, -0.2) is 4.39 Å². The van der Waals surface area contributed by atoms with Gasteiger partial charge >= 0.3 is 0 Å². The molecule has 20 heavy (non-hydrogen) atoms. The van der Waals surface area contributed by atoms with E-state index >= 15 is 0 Å². The van der Waals surface area contributed by atoms with E-state index in [9.17, 15) is 14.3 Å². The average Bonchev–Trinajstić information content (AvgIpc) is 2.81. The van der Waals surface area contributed by atoms with Crippen molar-refractivity contribution in [2.24, 2.45) is 5.41 Å². The van der Waals surface area contributed by atoms with Gasteiger partial charge in [0.1, 0.15) is 5.60 Å². The van der Waals surface area contributed by atoms with Gasteiger partial charge in [0, 0.05) is 11.0 Å². The molecule has 1 aromatic carbocycles. The molecule has 3 nitrogen and oxygen atoms in total. The number of carboxylic acid groups (broad SMARTS) is 1. The highest BCUT2D eigenvalue weighted by Crippen LogP contribution is 2.46. The lowest BCUT2D eigenvalue weighted by Gasteiger charge is -2.42. The maximum Gasteiger partial charge on any atom is 0.165 e. The Morgan fingerprint density at radius 2 is 1.90 bits per heavy atom. The molecule has 0 aliphatic heterocycles. The molecule has 1 fully saturated rings. The number of carbonyl (C=O) groups is 1. The van der Waals surface area contributed by atoms with Gasteiger partial charge in [-0.3, -0.25) is 0 Å². The lowest BCUT2D eigenvalue weighted by molar-refractivity contribution is -0.255. The zero-order chi connectivity index (χ0) is 15.0. The molecule has 0 aromatic heterocycles. The van der Waals surface area contributed by atoms with Crippen LogP contribution in [0.15, 0.2) is 18.2 Å². The molecule has 1 aliphatic rings. The molecule has 4 heteroatoms. The van der Waals surface area contributed by atoms with Gasteiger partial charge in [-0.2, -0.15) is 0 Å². The van der Waals surface area contributed by atoms with Crippen LogP contribution >= 0.6 is 0 Å². The van der Waals surface area contributed by atoms with Gasteiger partial charge in [0.05, 0.1) is 5.97 Å². The summed E-state index contributed by atoms with van der Waals surface area (Å²) >= 11 is 0. The van der Waals surface area contributed by atoms with E-state index in [4.69, 9.17) is 4.74 Å². The second-order valence-electron chi connectivity index (χ2n) is 6.49. The van der Waals surface area contributed by atoms with Crippen molar-refractivity contribution in [2.75, 3.05) is 0 Å². The van der Waals surface area contributed by atoms with Crippen LogP contribution in [0.3, 0.4) is 0 Å². The molecular formula is C16H20FO3-. The smallest absolute Gasteiger partial charge is 0.165 e. The SMILES string of the molecule is CC(C)(C)C1(Oc2cc(C(=O)[O-])ccc2F)CCCC1. The Balaban J connectivity index is 2.37. The first-order chi connectivity index (χ1) is 9.25. The largest absolute Gasteiger partial charge is 0.545 e. The molecule has 0 saturated heterocycles. The third kappa shape index (κ3) is 2.65. The van der Waals surface area contributed by atoms with Crippen LogP contribution < -0.4 is 9.84 Å². The Morgan fingerprint density at radius 3 is 2.40 bits per heavy atom. The van der Waals surface area contributed by atoms with Gasteiger partial charge < -0.3 is 14.6 Å². The van der Waals surface area contributed by atoms with E-state index in [2.05, 4.69) is 20.8 Å². The molecule has 2 rings (SSSR count). The molecule has 1 saturated carbocycles. The summed E-state index contributed by atoms with van der Waals surface area (Å²) in [5.41, 5.74) is -0.658. The van der Waals surface area contributed by atoms with Crippen LogP contribution in [0.5, 0.6) is 5.75 Å². The first kappa shape index (κ1) is 14.8. The highest BCUT2D eigenvalue weighted by molar-refractivity contribution is 5.86. The third-order valence-corrected chi connectivity index (χ3v) is 4.25. The lowest BCUT2D eigenvalue weighted by Crippen LogP contribution is -2.46. The summed E-state index contributed by atoms with van der Waals surface area (Å²) in [7, 11) is 0. The molecule has 0 amide bonds. The highest BCUT2D eigenvalue weighted by atomic mass is 19.1. The van der Waals surface area contributed by atoms with Crippen molar-refractivity contribution < 1.29 is 19.0 Å². The molecule has 1 aliphatic carbocycles. The fraction of sp³-hybridized carbons (Fsp3) is 0.562. The van der Waals surface area contributed by atoms with E-state index in [1.807, 2.05) is 0 Å². The van der Waals surface area contributed by atoms with Crippen molar-refractivity contribution in [3.05, 3.63) is 29.6 Å². The average molecular weight is 279 g/mol. The fourth-order valence-corrected chi connectivity index (χ4v) is 2.87. The zero-order valence-electron chi connectivity index (χ0n) is 12.2. The summed E-state index contributed by atoms with van der Waals surface area (Å²) in [6.07, 6.45) is 3.79. The molecule has 0 heterocycles. The third-order valence-electron chi connectivity index (χ3n) is 4.25. The van der Waals surface area contributed by atoms with E-state index < -0.39 is 17.4 Å². The van der Waals surface area contributed by atoms with Crippen molar-refractivity contribution in [3.63, 3.8) is 0 Å². The molecule has 0 N–H and O–H groups in total. The predicted molar refractivity (Wildman–Crippen MR) is 72.0 cm³/mol.